The zero-order valence-corrected chi connectivity index (χ0v) is 8.37. The van der Waals surface area contributed by atoms with E-state index in [-0.39, 0.29) is 5.88 Å². The first-order valence-corrected chi connectivity index (χ1v) is 4.64. The molecule has 0 spiro atoms. The highest BCUT2D eigenvalue weighted by atomic mass is 35.5. The first-order valence-electron chi connectivity index (χ1n) is 4.10. The molecule has 3 nitrogen and oxygen atoms in total. The van der Waals surface area contributed by atoms with E-state index < -0.39 is 18.2 Å². The van der Waals surface area contributed by atoms with E-state index in [0.717, 1.165) is 6.07 Å². The maximum Gasteiger partial charge on any atom is 0.213 e. The quantitative estimate of drug-likeness (QED) is 0.593. The molecule has 1 rings (SSSR count). The monoisotopic (exact) mass is 219 g/mol. The van der Waals surface area contributed by atoms with Crippen molar-refractivity contribution >= 4 is 11.6 Å². The molecule has 0 fully saturated rings. The van der Waals surface area contributed by atoms with Crippen LogP contribution in [0, 0.1) is 12.9 Å². The van der Waals surface area contributed by atoms with Crippen molar-refractivity contribution < 1.29 is 14.6 Å². The van der Waals surface area contributed by atoms with Crippen molar-refractivity contribution in [2.24, 2.45) is 0 Å². The summed E-state index contributed by atoms with van der Waals surface area (Å²) in [6.07, 6.45) is -0.975. The van der Waals surface area contributed by atoms with Crippen LogP contribution >= 0.6 is 11.6 Å². The largest absolute Gasteiger partial charge is 0.389 e. The van der Waals surface area contributed by atoms with E-state index in [2.05, 4.69) is 4.98 Å². The maximum absolute atomic E-state index is 12.7. The minimum Gasteiger partial charge on any atom is -0.389 e. The van der Waals surface area contributed by atoms with E-state index in [4.69, 9.17) is 11.6 Å². The van der Waals surface area contributed by atoms with Gasteiger partial charge in [-0.05, 0) is 24.1 Å². The number of nitrogens with zero attached hydrogens (tertiary/aromatic N) is 1. The van der Waals surface area contributed by atoms with Crippen molar-refractivity contribution in [1.29, 1.82) is 0 Å². The normalized spacial score (nSPS) is 15.2. The summed E-state index contributed by atoms with van der Waals surface area (Å²) in [5.74, 6) is -0.795. The molecule has 5 heteroatoms. The summed E-state index contributed by atoms with van der Waals surface area (Å²) < 4.78 is 12.7. The van der Waals surface area contributed by atoms with Gasteiger partial charge in [-0.2, -0.15) is 4.39 Å². The van der Waals surface area contributed by atoms with E-state index in [1.807, 2.05) is 0 Å². The van der Waals surface area contributed by atoms with Crippen molar-refractivity contribution in [1.82, 2.24) is 4.98 Å². The number of aryl methyl sites for hydroxylation is 1. The number of hydrogen-bond donors (Lipinski definition) is 2. The Labute approximate surface area is 86.2 Å². The van der Waals surface area contributed by atoms with E-state index in [1.54, 1.807) is 6.92 Å². The molecule has 0 saturated carbocycles. The fourth-order valence-electron chi connectivity index (χ4n) is 1.12. The molecular weight excluding hydrogens is 209 g/mol. The van der Waals surface area contributed by atoms with Crippen molar-refractivity contribution in [2.75, 3.05) is 5.88 Å². The SMILES string of the molecule is Cc1cnc(F)cc1C(O)C(O)CCl. The summed E-state index contributed by atoms with van der Waals surface area (Å²) in [6, 6.07) is 1.09. The number of aliphatic hydroxyl groups excluding tert-OH is 2. The predicted octanol–water partition coefficient (Wildman–Crippen LogP) is 1.16. The molecule has 0 amide bonds. The number of aliphatic hydroxyl groups is 2. The fraction of sp³-hybridized carbons (Fsp3) is 0.444. The molecule has 0 aliphatic carbocycles. The van der Waals surface area contributed by atoms with Gasteiger partial charge in [0, 0.05) is 6.20 Å². The highest BCUT2D eigenvalue weighted by molar-refractivity contribution is 6.18. The van der Waals surface area contributed by atoms with Crippen LogP contribution in [0.4, 0.5) is 4.39 Å². The van der Waals surface area contributed by atoms with Crippen LogP contribution in [0.15, 0.2) is 12.3 Å². The molecule has 78 valence electrons. The molecule has 1 heterocycles. The van der Waals surface area contributed by atoms with Crippen molar-refractivity contribution in [3.8, 4) is 0 Å². The zero-order chi connectivity index (χ0) is 10.7. The minimum atomic E-state index is -1.18. The smallest absolute Gasteiger partial charge is 0.213 e. The third-order valence-corrected chi connectivity index (χ3v) is 2.27. The van der Waals surface area contributed by atoms with Crippen LogP contribution in [0.25, 0.3) is 0 Å². The molecule has 0 aliphatic heterocycles. The summed E-state index contributed by atoms with van der Waals surface area (Å²) in [5.41, 5.74) is 0.925. The molecule has 2 unspecified atom stereocenters. The molecule has 1 aromatic heterocycles. The van der Waals surface area contributed by atoms with Gasteiger partial charge in [0.25, 0.3) is 0 Å². The Hall–Kier alpha value is -0.710. The van der Waals surface area contributed by atoms with Crippen LogP contribution in [0.5, 0.6) is 0 Å². The number of pyridine rings is 1. The Balaban J connectivity index is 2.99. The van der Waals surface area contributed by atoms with E-state index >= 15 is 0 Å². The van der Waals surface area contributed by atoms with Crippen LogP contribution in [0.2, 0.25) is 0 Å². The predicted molar refractivity (Wildman–Crippen MR) is 50.6 cm³/mol. The molecular formula is C9H11ClFNO2. The summed E-state index contributed by atoms with van der Waals surface area (Å²) in [6.45, 7) is 1.67. The van der Waals surface area contributed by atoms with Crippen LogP contribution in [0.3, 0.4) is 0 Å². The van der Waals surface area contributed by atoms with Gasteiger partial charge >= 0.3 is 0 Å². The summed E-state index contributed by atoms with van der Waals surface area (Å²) in [7, 11) is 0. The number of alkyl halides is 1. The van der Waals surface area contributed by atoms with Gasteiger partial charge in [0.15, 0.2) is 0 Å². The molecule has 1 aromatic rings. The van der Waals surface area contributed by atoms with Crippen molar-refractivity contribution in [2.45, 2.75) is 19.1 Å². The average Bonchev–Trinajstić information content (AvgIpc) is 2.19. The first-order chi connectivity index (χ1) is 6.56. The maximum atomic E-state index is 12.7. The lowest BCUT2D eigenvalue weighted by Gasteiger charge is -2.17. The van der Waals surface area contributed by atoms with Gasteiger partial charge in [-0.25, -0.2) is 4.98 Å². The topological polar surface area (TPSA) is 53.4 Å². The van der Waals surface area contributed by atoms with Crippen molar-refractivity contribution in [3.63, 3.8) is 0 Å². The standard InChI is InChI=1S/C9H11ClFNO2/c1-5-4-12-8(11)2-6(5)9(14)7(13)3-10/h2,4,7,9,13-14H,3H2,1H3. The van der Waals surface area contributed by atoms with E-state index in [0.29, 0.717) is 11.1 Å². The Kier molecular flexibility index (Phi) is 3.80. The molecule has 14 heavy (non-hydrogen) atoms. The molecule has 0 bridgehead atoms. The van der Waals surface area contributed by atoms with Gasteiger partial charge in [0.1, 0.15) is 6.10 Å². The molecule has 2 atom stereocenters. The zero-order valence-electron chi connectivity index (χ0n) is 7.61. The van der Waals surface area contributed by atoms with Gasteiger partial charge in [-0.3, -0.25) is 0 Å². The third kappa shape index (κ3) is 2.41. The van der Waals surface area contributed by atoms with Gasteiger partial charge in [-0.1, -0.05) is 0 Å². The van der Waals surface area contributed by atoms with E-state index in [1.165, 1.54) is 6.20 Å². The van der Waals surface area contributed by atoms with Crippen LogP contribution < -0.4 is 0 Å². The molecule has 0 saturated heterocycles. The molecule has 2 N–H and O–H groups in total. The van der Waals surface area contributed by atoms with Gasteiger partial charge in [-0.15, -0.1) is 11.6 Å². The number of rotatable bonds is 3. The highest BCUT2D eigenvalue weighted by Crippen LogP contribution is 2.21. The van der Waals surface area contributed by atoms with E-state index in [9.17, 15) is 14.6 Å². The lowest BCUT2D eigenvalue weighted by atomic mass is 10.0. The minimum absolute atomic E-state index is 0.107. The van der Waals surface area contributed by atoms with Gasteiger partial charge < -0.3 is 10.2 Å². The molecule has 0 aromatic carbocycles. The summed E-state index contributed by atoms with van der Waals surface area (Å²) >= 11 is 5.37. The lowest BCUT2D eigenvalue weighted by molar-refractivity contribution is 0.0320. The highest BCUT2D eigenvalue weighted by Gasteiger charge is 2.19. The second kappa shape index (κ2) is 4.68. The Morgan fingerprint density at radius 1 is 1.57 bits per heavy atom. The lowest BCUT2D eigenvalue weighted by Crippen LogP contribution is -2.20. The van der Waals surface area contributed by atoms with Crippen LogP contribution in [-0.4, -0.2) is 27.2 Å². The second-order valence-corrected chi connectivity index (χ2v) is 3.34. The third-order valence-electron chi connectivity index (χ3n) is 1.95. The summed E-state index contributed by atoms with van der Waals surface area (Å²) in [4.78, 5) is 3.41. The second-order valence-electron chi connectivity index (χ2n) is 3.03. The Morgan fingerprint density at radius 2 is 2.21 bits per heavy atom. The average molecular weight is 220 g/mol. The number of hydrogen-bond acceptors (Lipinski definition) is 3. The molecule has 0 radical (unpaired) electrons. The fourth-order valence-corrected chi connectivity index (χ4v) is 1.29. The number of aromatic nitrogens is 1. The van der Waals surface area contributed by atoms with Crippen molar-refractivity contribution in [3.05, 3.63) is 29.3 Å². The van der Waals surface area contributed by atoms with Crippen LogP contribution in [0.1, 0.15) is 17.2 Å². The van der Waals surface area contributed by atoms with Crippen LogP contribution in [-0.2, 0) is 0 Å². The Morgan fingerprint density at radius 3 is 2.79 bits per heavy atom. The molecule has 0 aliphatic rings. The number of halogens is 2. The van der Waals surface area contributed by atoms with Gasteiger partial charge in [0.05, 0.1) is 12.0 Å². The van der Waals surface area contributed by atoms with Gasteiger partial charge in [0.2, 0.25) is 5.95 Å². The first kappa shape index (κ1) is 11.4. The Bertz CT molecular complexity index is 322. The summed E-state index contributed by atoms with van der Waals surface area (Å²) in [5, 5.41) is 18.8.